The first-order chi connectivity index (χ1) is 16.8. The van der Waals surface area contributed by atoms with Crippen molar-refractivity contribution < 1.29 is 19.8 Å². The van der Waals surface area contributed by atoms with Crippen LogP contribution in [0.1, 0.15) is 74.9 Å². The lowest BCUT2D eigenvalue weighted by atomic mass is 9.53. The Morgan fingerprint density at radius 1 is 0.611 bits per heavy atom. The number of hydrogen-bond donors (Lipinski definition) is 2. The highest BCUT2D eigenvalue weighted by molar-refractivity contribution is 6.09. The van der Waals surface area contributed by atoms with Crippen LogP contribution in [-0.2, 0) is 43.1 Å². The molecule has 5 rings (SSSR count). The van der Waals surface area contributed by atoms with Gasteiger partial charge in [-0.3, -0.25) is 9.59 Å². The minimum Gasteiger partial charge on any atom is -0.480 e. The van der Waals surface area contributed by atoms with Crippen LogP contribution in [0, 0.1) is 0 Å². The Morgan fingerprint density at radius 3 is 1.61 bits per heavy atom. The fourth-order valence-electron chi connectivity index (χ4n) is 7.51. The molecule has 2 aliphatic carbocycles. The summed E-state index contributed by atoms with van der Waals surface area (Å²) in [5.74, 6) is -2.67. The Morgan fingerprint density at radius 2 is 1.08 bits per heavy atom. The number of aliphatic carboxylic acids is 2. The maximum absolute atomic E-state index is 13.0. The third-order valence-corrected chi connectivity index (χ3v) is 10.4. The second-order valence-corrected chi connectivity index (χ2v) is 12.0. The third kappa shape index (κ3) is 2.55. The van der Waals surface area contributed by atoms with Crippen molar-refractivity contribution in [3.8, 4) is 0 Å². The van der Waals surface area contributed by atoms with E-state index >= 15 is 0 Å². The van der Waals surface area contributed by atoms with Crippen molar-refractivity contribution >= 4 is 11.9 Å². The maximum atomic E-state index is 13.0. The molecule has 4 heteroatoms. The Kier molecular flexibility index (Phi) is 4.94. The molecule has 0 aromatic heterocycles. The van der Waals surface area contributed by atoms with Crippen LogP contribution in [0.4, 0.5) is 0 Å². The van der Waals surface area contributed by atoms with Gasteiger partial charge in [0.25, 0.3) is 0 Å². The molecule has 0 heterocycles. The molecule has 0 amide bonds. The van der Waals surface area contributed by atoms with E-state index in [9.17, 15) is 19.8 Å². The van der Waals surface area contributed by atoms with Gasteiger partial charge in [-0.25, -0.2) is 0 Å². The molecule has 0 radical (unpaired) electrons. The van der Waals surface area contributed by atoms with Crippen molar-refractivity contribution in [1.82, 2.24) is 0 Å². The van der Waals surface area contributed by atoms with Gasteiger partial charge < -0.3 is 10.2 Å². The van der Waals surface area contributed by atoms with Crippen molar-refractivity contribution in [3.05, 3.63) is 106 Å². The molecule has 0 saturated carbocycles. The molecule has 2 aliphatic rings. The number of carboxylic acids is 2. The van der Waals surface area contributed by atoms with Gasteiger partial charge in [0.05, 0.1) is 0 Å². The highest BCUT2D eigenvalue weighted by atomic mass is 16.4. The van der Waals surface area contributed by atoms with Crippen molar-refractivity contribution in [1.29, 1.82) is 0 Å². The SMILES string of the molecule is CC1(C)c2ccccc2CC1(C)c1ccc(C2(C)C(C)(C)c3ccccc3C2(C(=O)O)C(=O)O)cc1. The van der Waals surface area contributed by atoms with E-state index in [1.807, 2.05) is 38.1 Å². The summed E-state index contributed by atoms with van der Waals surface area (Å²) >= 11 is 0. The lowest BCUT2D eigenvalue weighted by molar-refractivity contribution is -0.162. The lowest BCUT2D eigenvalue weighted by Crippen LogP contribution is -2.60. The molecule has 2 unspecified atom stereocenters. The molecule has 0 aliphatic heterocycles. The van der Waals surface area contributed by atoms with E-state index in [4.69, 9.17) is 0 Å². The zero-order chi connectivity index (χ0) is 26.3. The van der Waals surface area contributed by atoms with Crippen molar-refractivity contribution in [2.75, 3.05) is 0 Å². The van der Waals surface area contributed by atoms with Gasteiger partial charge in [0.1, 0.15) is 0 Å². The molecule has 36 heavy (non-hydrogen) atoms. The fraction of sp³-hybridized carbons (Fsp3) is 0.375. The lowest BCUT2D eigenvalue weighted by Gasteiger charge is -2.47. The predicted octanol–water partition coefficient (Wildman–Crippen LogP) is 6.13. The first kappa shape index (κ1) is 24.3. The molecule has 0 saturated heterocycles. The van der Waals surface area contributed by atoms with Gasteiger partial charge in [-0.1, -0.05) is 114 Å². The van der Waals surface area contributed by atoms with Crippen LogP contribution in [0.3, 0.4) is 0 Å². The molecule has 0 fully saturated rings. The molecular weight excluding hydrogens is 448 g/mol. The Hall–Kier alpha value is -3.40. The molecule has 0 spiro atoms. The summed E-state index contributed by atoms with van der Waals surface area (Å²) in [6, 6.07) is 23.8. The van der Waals surface area contributed by atoms with Crippen molar-refractivity contribution in [2.24, 2.45) is 0 Å². The summed E-state index contributed by atoms with van der Waals surface area (Å²) in [6.07, 6.45) is 0.915. The summed E-state index contributed by atoms with van der Waals surface area (Å²) in [5.41, 5.74) is 1.39. The van der Waals surface area contributed by atoms with Crippen LogP contribution >= 0.6 is 0 Å². The van der Waals surface area contributed by atoms with E-state index in [2.05, 4.69) is 57.2 Å². The predicted molar refractivity (Wildman–Crippen MR) is 141 cm³/mol. The zero-order valence-corrected chi connectivity index (χ0v) is 21.8. The fourth-order valence-corrected chi connectivity index (χ4v) is 7.51. The van der Waals surface area contributed by atoms with Gasteiger partial charge >= 0.3 is 11.9 Å². The van der Waals surface area contributed by atoms with Gasteiger partial charge in [-0.2, -0.15) is 0 Å². The maximum Gasteiger partial charge on any atom is 0.326 e. The van der Waals surface area contributed by atoms with Crippen LogP contribution in [0.2, 0.25) is 0 Å². The normalized spacial score (nSPS) is 26.7. The largest absolute Gasteiger partial charge is 0.480 e. The number of benzene rings is 3. The molecule has 3 aromatic rings. The number of carbonyl (C=O) groups is 2. The molecule has 2 N–H and O–H groups in total. The van der Waals surface area contributed by atoms with Gasteiger partial charge in [0, 0.05) is 16.2 Å². The number of fused-ring (bicyclic) bond motifs is 2. The van der Waals surface area contributed by atoms with E-state index < -0.39 is 28.2 Å². The smallest absolute Gasteiger partial charge is 0.326 e. The second kappa shape index (κ2) is 7.32. The summed E-state index contributed by atoms with van der Waals surface area (Å²) < 4.78 is 0. The number of carboxylic acid groups (broad SMARTS) is 2. The topological polar surface area (TPSA) is 74.6 Å². The molecule has 2 atom stereocenters. The molecule has 4 nitrogen and oxygen atoms in total. The molecule has 186 valence electrons. The standard InChI is InChI=1S/C32H34O4/c1-28(2)23-12-8-7-11-20(23)19-30(28,5)21-15-17-22(18-16-21)31(6)29(3,4)24-13-9-10-14-25(24)32(31,26(33)34)27(35)36/h7-18H,19H2,1-6H3,(H,33,34)(H,35,36). The first-order valence-corrected chi connectivity index (χ1v) is 12.5. The molecular formula is C32H34O4. The van der Waals surface area contributed by atoms with Gasteiger partial charge in [0.2, 0.25) is 0 Å². The van der Waals surface area contributed by atoms with Crippen LogP contribution < -0.4 is 0 Å². The number of rotatable bonds is 4. The van der Waals surface area contributed by atoms with Gasteiger partial charge in [0.15, 0.2) is 5.41 Å². The highest BCUT2D eigenvalue weighted by Gasteiger charge is 2.73. The third-order valence-electron chi connectivity index (χ3n) is 10.4. The minimum atomic E-state index is -2.11. The Bertz CT molecular complexity index is 1380. The second-order valence-electron chi connectivity index (χ2n) is 12.0. The number of hydrogen-bond acceptors (Lipinski definition) is 2. The monoisotopic (exact) mass is 482 g/mol. The van der Waals surface area contributed by atoms with E-state index in [1.165, 1.54) is 16.7 Å². The van der Waals surface area contributed by atoms with E-state index in [1.54, 1.807) is 19.1 Å². The van der Waals surface area contributed by atoms with Crippen molar-refractivity contribution in [3.63, 3.8) is 0 Å². The summed E-state index contributed by atoms with van der Waals surface area (Å²) in [5, 5.41) is 21.1. The van der Waals surface area contributed by atoms with Crippen molar-refractivity contribution in [2.45, 2.75) is 75.0 Å². The molecule has 3 aromatic carbocycles. The average molecular weight is 483 g/mol. The van der Waals surface area contributed by atoms with E-state index in [0.29, 0.717) is 11.1 Å². The van der Waals surface area contributed by atoms with Gasteiger partial charge in [-0.15, -0.1) is 0 Å². The van der Waals surface area contributed by atoms with E-state index in [-0.39, 0.29) is 10.8 Å². The van der Waals surface area contributed by atoms with E-state index in [0.717, 1.165) is 12.0 Å². The quantitative estimate of drug-likeness (QED) is 0.439. The zero-order valence-electron chi connectivity index (χ0n) is 21.8. The van der Waals surface area contributed by atoms with Crippen LogP contribution in [0.25, 0.3) is 0 Å². The van der Waals surface area contributed by atoms with Crippen LogP contribution in [0.5, 0.6) is 0 Å². The highest BCUT2D eigenvalue weighted by Crippen LogP contribution is 2.63. The van der Waals surface area contributed by atoms with Crippen LogP contribution in [-0.4, -0.2) is 22.2 Å². The summed E-state index contributed by atoms with van der Waals surface area (Å²) in [4.78, 5) is 25.9. The van der Waals surface area contributed by atoms with Crippen LogP contribution in [0.15, 0.2) is 72.8 Å². The summed E-state index contributed by atoms with van der Waals surface area (Å²) in [7, 11) is 0. The summed E-state index contributed by atoms with van der Waals surface area (Å²) in [6.45, 7) is 12.6. The Labute approximate surface area is 213 Å². The van der Waals surface area contributed by atoms with Gasteiger partial charge in [-0.05, 0) is 45.2 Å². The minimum absolute atomic E-state index is 0.0935. The Balaban J connectivity index is 1.69. The molecule has 0 bridgehead atoms. The average Bonchev–Trinajstić information content (AvgIpc) is 3.15. The first-order valence-electron chi connectivity index (χ1n) is 12.5.